The first-order valence-electron chi connectivity index (χ1n) is 10.4. The van der Waals surface area contributed by atoms with Crippen LogP contribution in [0.25, 0.3) is 6.08 Å². The van der Waals surface area contributed by atoms with Gasteiger partial charge >= 0.3 is 11.9 Å². The van der Waals surface area contributed by atoms with Crippen molar-refractivity contribution in [2.45, 2.75) is 64.2 Å². The Kier molecular flexibility index (Phi) is 9.53. The minimum atomic E-state index is -0.987. The molecule has 1 saturated carbocycles. The van der Waals surface area contributed by atoms with Crippen molar-refractivity contribution in [2.24, 2.45) is 11.8 Å². The molecule has 1 aliphatic carbocycles. The van der Waals surface area contributed by atoms with Gasteiger partial charge in [0.05, 0.1) is 5.92 Å². The van der Waals surface area contributed by atoms with Crippen molar-refractivity contribution in [3.63, 3.8) is 0 Å². The van der Waals surface area contributed by atoms with Crippen molar-refractivity contribution in [1.29, 1.82) is 0 Å². The molecule has 0 unspecified atom stereocenters. The zero-order chi connectivity index (χ0) is 20.2. The van der Waals surface area contributed by atoms with Gasteiger partial charge in [-0.1, -0.05) is 43.9 Å². The number of ether oxygens (including phenoxy) is 1. The van der Waals surface area contributed by atoms with E-state index >= 15 is 0 Å². The molecule has 0 spiro atoms. The molecule has 2 rings (SSSR count). The number of benzene rings is 1. The number of aliphatic carboxylic acids is 1. The van der Waals surface area contributed by atoms with Gasteiger partial charge in [0.1, 0.15) is 5.75 Å². The van der Waals surface area contributed by atoms with Crippen LogP contribution in [0.5, 0.6) is 5.75 Å². The van der Waals surface area contributed by atoms with Crippen molar-refractivity contribution in [1.82, 2.24) is 0 Å². The van der Waals surface area contributed by atoms with Gasteiger partial charge in [-0.25, -0.2) is 4.79 Å². The summed E-state index contributed by atoms with van der Waals surface area (Å²) in [4.78, 5) is 22.9. The number of rotatable bonds is 11. The second kappa shape index (κ2) is 12.2. The van der Waals surface area contributed by atoms with Crippen LogP contribution in [0.1, 0.15) is 69.8 Å². The molecule has 4 nitrogen and oxygen atoms in total. The summed E-state index contributed by atoms with van der Waals surface area (Å²) in [5, 5.41) is 8.64. The van der Waals surface area contributed by atoms with Gasteiger partial charge in [-0.15, -0.1) is 6.58 Å². The highest BCUT2D eigenvalue weighted by atomic mass is 16.5. The van der Waals surface area contributed by atoms with Gasteiger partial charge in [0, 0.05) is 6.08 Å². The molecule has 1 fully saturated rings. The Bertz CT molecular complexity index is 652. The summed E-state index contributed by atoms with van der Waals surface area (Å²) in [5.74, 6) is 0.133. The molecule has 1 aromatic carbocycles. The third-order valence-electron chi connectivity index (χ3n) is 5.47. The van der Waals surface area contributed by atoms with Crippen molar-refractivity contribution in [3.05, 3.63) is 48.6 Å². The molecule has 1 aromatic rings. The summed E-state index contributed by atoms with van der Waals surface area (Å²) in [6.45, 7) is 3.76. The molecule has 0 amide bonds. The maximum absolute atomic E-state index is 12.4. The molecule has 1 N–H and O–H groups in total. The molecule has 1 aliphatic rings. The largest absolute Gasteiger partial charge is 0.478 e. The molecule has 0 aromatic heterocycles. The molecule has 0 saturated heterocycles. The van der Waals surface area contributed by atoms with Crippen LogP contribution in [-0.2, 0) is 9.59 Å². The van der Waals surface area contributed by atoms with Gasteiger partial charge in [0.25, 0.3) is 0 Å². The number of carboxylic acid groups (broad SMARTS) is 1. The fourth-order valence-electron chi connectivity index (χ4n) is 3.78. The van der Waals surface area contributed by atoms with Gasteiger partial charge in [0.2, 0.25) is 0 Å². The highest BCUT2D eigenvalue weighted by molar-refractivity contribution is 5.85. The van der Waals surface area contributed by atoms with Crippen LogP contribution in [0.2, 0.25) is 0 Å². The second-order valence-electron chi connectivity index (χ2n) is 7.66. The first kappa shape index (κ1) is 21.9. The van der Waals surface area contributed by atoms with Gasteiger partial charge in [-0.2, -0.15) is 0 Å². The summed E-state index contributed by atoms with van der Waals surface area (Å²) >= 11 is 0. The van der Waals surface area contributed by atoms with E-state index in [4.69, 9.17) is 9.84 Å². The number of carboxylic acids is 1. The Morgan fingerprint density at radius 3 is 2.36 bits per heavy atom. The summed E-state index contributed by atoms with van der Waals surface area (Å²) in [7, 11) is 0. The number of carbonyl (C=O) groups excluding carboxylic acids is 1. The van der Waals surface area contributed by atoms with E-state index in [-0.39, 0.29) is 11.9 Å². The van der Waals surface area contributed by atoms with Crippen LogP contribution in [0, 0.1) is 11.8 Å². The molecule has 0 radical (unpaired) electrons. The van der Waals surface area contributed by atoms with E-state index in [0.29, 0.717) is 5.75 Å². The summed E-state index contributed by atoms with van der Waals surface area (Å²) in [5.41, 5.74) is 0.757. The van der Waals surface area contributed by atoms with Crippen molar-refractivity contribution >= 4 is 18.0 Å². The number of hydrogen-bond donors (Lipinski definition) is 1. The minimum Gasteiger partial charge on any atom is -0.478 e. The van der Waals surface area contributed by atoms with Crippen LogP contribution in [0.15, 0.2) is 43.0 Å². The van der Waals surface area contributed by atoms with Crippen LogP contribution in [0.4, 0.5) is 0 Å². The first-order valence-corrected chi connectivity index (χ1v) is 10.4. The fourth-order valence-corrected chi connectivity index (χ4v) is 3.78. The maximum Gasteiger partial charge on any atom is 0.328 e. The number of allylic oxidation sites excluding steroid dienone is 1. The lowest BCUT2D eigenvalue weighted by molar-refractivity contribution is -0.140. The molecule has 152 valence electrons. The summed E-state index contributed by atoms with van der Waals surface area (Å²) < 4.78 is 5.52. The molecule has 0 atom stereocenters. The van der Waals surface area contributed by atoms with E-state index in [9.17, 15) is 9.59 Å². The van der Waals surface area contributed by atoms with Crippen LogP contribution >= 0.6 is 0 Å². The van der Waals surface area contributed by atoms with E-state index in [1.807, 2.05) is 6.08 Å². The zero-order valence-corrected chi connectivity index (χ0v) is 16.6. The number of esters is 1. The lowest BCUT2D eigenvalue weighted by atomic mass is 9.80. The predicted octanol–water partition coefficient (Wildman–Crippen LogP) is 6.02. The Hall–Kier alpha value is -2.36. The predicted molar refractivity (Wildman–Crippen MR) is 112 cm³/mol. The smallest absolute Gasteiger partial charge is 0.328 e. The van der Waals surface area contributed by atoms with Crippen molar-refractivity contribution in [3.8, 4) is 5.75 Å². The fraction of sp³-hybridized carbons (Fsp3) is 0.500. The second-order valence-corrected chi connectivity index (χ2v) is 7.66. The molecule has 28 heavy (non-hydrogen) atoms. The first-order chi connectivity index (χ1) is 13.6. The van der Waals surface area contributed by atoms with Gasteiger partial charge in [0.15, 0.2) is 0 Å². The Morgan fingerprint density at radius 2 is 1.71 bits per heavy atom. The van der Waals surface area contributed by atoms with E-state index < -0.39 is 5.97 Å². The summed E-state index contributed by atoms with van der Waals surface area (Å²) in [6, 6.07) is 6.90. The highest BCUT2D eigenvalue weighted by Gasteiger charge is 2.27. The van der Waals surface area contributed by atoms with E-state index in [2.05, 4.69) is 6.58 Å². The third-order valence-corrected chi connectivity index (χ3v) is 5.47. The Balaban J connectivity index is 1.67. The highest BCUT2D eigenvalue weighted by Crippen LogP contribution is 2.33. The van der Waals surface area contributed by atoms with E-state index in [0.717, 1.165) is 49.7 Å². The van der Waals surface area contributed by atoms with Crippen LogP contribution < -0.4 is 4.74 Å². The van der Waals surface area contributed by atoms with E-state index in [1.54, 1.807) is 24.3 Å². The zero-order valence-electron chi connectivity index (χ0n) is 16.6. The average molecular weight is 385 g/mol. The normalized spacial score (nSPS) is 19.4. The number of hydrogen-bond acceptors (Lipinski definition) is 3. The summed E-state index contributed by atoms with van der Waals surface area (Å²) in [6.07, 6.45) is 16.2. The standard InChI is InChI=1S/C24H32O4/c1-2-3-4-5-6-7-8-19-9-14-21(15-10-19)24(27)28-22-16-11-20(12-17-22)13-18-23(25)26/h2,11-13,16-19,21H,1,3-10,14-15H2,(H,25,26)/b18-13+. The van der Waals surface area contributed by atoms with E-state index in [1.165, 1.54) is 38.2 Å². The maximum atomic E-state index is 12.4. The number of carbonyl (C=O) groups is 2. The average Bonchev–Trinajstić information content (AvgIpc) is 2.70. The van der Waals surface area contributed by atoms with Gasteiger partial charge in [-0.05, 0) is 68.2 Å². The molecule has 0 aliphatic heterocycles. The Morgan fingerprint density at radius 1 is 1.04 bits per heavy atom. The molecular formula is C24H32O4. The quantitative estimate of drug-likeness (QED) is 0.166. The van der Waals surface area contributed by atoms with Crippen LogP contribution in [0.3, 0.4) is 0 Å². The number of unbranched alkanes of at least 4 members (excludes halogenated alkanes) is 4. The Labute approximate surface area is 168 Å². The molecule has 0 bridgehead atoms. The SMILES string of the molecule is C=CCCCCCCC1CCC(C(=O)Oc2ccc(/C=C/C(=O)O)cc2)CC1. The minimum absolute atomic E-state index is 0.00424. The van der Waals surface area contributed by atoms with Gasteiger partial charge < -0.3 is 9.84 Å². The molecule has 4 heteroatoms. The van der Waals surface area contributed by atoms with Crippen LogP contribution in [-0.4, -0.2) is 17.0 Å². The lowest BCUT2D eigenvalue weighted by Crippen LogP contribution is -2.25. The van der Waals surface area contributed by atoms with Crippen molar-refractivity contribution in [2.75, 3.05) is 0 Å². The third kappa shape index (κ3) is 8.12. The topological polar surface area (TPSA) is 63.6 Å². The lowest BCUT2D eigenvalue weighted by Gasteiger charge is -2.27. The monoisotopic (exact) mass is 384 g/mol. The van der Waals surface area contributed by atoms with Gasteiger partial charge in [-0.3, -0.25) is 4.79 Å². The van der Waals surface area contributed by atoms with Crippen molar-refractivity contribution < 1.29 is 19.4 Å². The molecular weight excluding hydrogens is 352 g/mol. The molecule has 0 heterocycles.